The van der Waals surface area contributed by atoms with Crippen molar-refractivity contribution < 1.29 is 125 Å². The molecule has 79 heavy (non-hydrogen) atoms. The number of hydrogen-bond acceptors (Lipinski definition) is 4. The summed E-state index contributed by atoms with van der Waals surface area (Å²) in [6.07, 6.45) is -46.0. The number of nitrogens with zero attached hydrogens (tertiary/aromatic N) is 2. The molecule has 0 saturated carbocycles. The van der Waals surface area contributed by atoms with Crippen LogP contribution >= 0.6 is 0 Å². The Labute approximate surface area is 423 Å². The molecule has 6 aromatic rings. The third kappa shape index (κ3) is 11.8. The fourth-order valence-corrected chi connectivity index (χ4v) is 8.50. The van der Waals surface area contributed by atoms with Crippen molar-refractivity contribution in [3.63, 3.8) is 0 Å². The van der Waals surface area contributed by atoms with Gasteiger partial charge in [0.25, 0.3) is 17.7 Å². The van der Waals surface area contributed by atoms with E-state index in [1.165, 1.54) is 0 Å². The van der Waals surface area contributed by atoms with E-state index in [0.29, 0.717) is 7.05 Å². The maximum atomic E-state index is 14.9. The predicted molar refractivity (Wildman–Crippen MR) is 223 cm³/mol. The van der Waals surface area contributed by atoms with Crippen LogP contribution in [0.4, 0.5) is 105 Å². The van der Waals surface area contributed by atoms with Gasteiger partial charge in [-0.3, -0.25) is 24.1 Å². The summed E-state index contributed by atoms with van der Waals surface area (Å²) in [6, 6.07) is -2.07. The molecular weight excluding hydrogens is 1140 g/mol. The van der Waals surface area contributed by atoms with Gasteiger partial charge >= 0.3 is 49.4 Å². The van der Waals surface area contributed by atoms with Crippen LogP contribution in [0.25, 0.3) is 33.0 Å². The molecule has 6 nitrogen and oxygen atoms in total. The van der Waals surface area contributed by atoms with Crippen molar-refractivity contribution in [3.8, 4) is 22.3 Å². The van der Waals surface area contributed by atoms with E-state index in [4.69, 9.17) is 0 Å². The summed E-state index contributed by atoms with van der Waals surface area (Å²) in [5.41, 5.74) is -30.7. The Morgan fingerprint density at radius 3 is 1.09 bits per heavy atom. The van der Waals surface area contributed by atoms with Crippen LogP contribution in [0.2, 0.25) is 0 Å². The minimum absolute atomic E-state index is 0.0538. The summed E-state index contributed by atoms with van der Waals surface area (Å²) in [5, 5.41) is -2.69. The molecule has 1 aliphatic rings. The quantitative estimate of drug-likeness (QED) is 0.0865. The average Bonchev–Trinajstić information content (AvgIpc) is 3.42. The van der Waals surface area contributed by atoms with E-state index < -0.39 is 216 Å². The van der Waals surface area contributed by atoms with E-state index in [2.05, 4.69) is 0 Å². The maximum Gasteiger partial charge on any atom is 0.416 e. The fourth-order valence-electron chi connectivity index (χ4n) is 8.50. The van der Waals surface area contributed by atoms with E-state index in [1.807, 2.05) is 0 Å². The molecular formula is C49H22F24N2O4. The minimum Gasteiger partial charge on any atom is -0.337 e. The Morgan fingerprint density at radius 2 is 0.747 bits per heavy atom. The molecule has 0 bridgehead atoms. The highest BCUT2D eigenvalue weighted by Gasteiger charge is 2.45. The number of carbonyl (C=O) groups excluding carboxylic acids is 4. The van der Waals surface area contributed by atoms with E-state index in [0.717, 1.165) is 0 Å². The molecule has 3 amide bonds. The smallest absolute Gasteiger partial charge is 0.337 e. The highest BCUT2D eigenvalue weighted by Crippen LogP contribution is 2.49. The molecule has 0 unspecified atom stereocenters. The lowest BCUT2D eigenvalue weighted by Gasteiger charge is -2.32. The zero-order chi connectivity index (χ0) is 59.5. The summed E-state index contributed by atoms with van der Waals surface area (Å²) >= 11 is 0. The first kappa shape index (κ1) is 58.9. The van der Waals surface area contributed by atoms with Gasteiger partial charge in [-0.05, 0) is 118 Å². The van der Waals surface area contributed by atoms with Crippen LogP contribution < -0.4 is 0 Å². The molecule has 0 fully saturated rings. The van der Waals surface area contributed by atoms with E-state index in [9.17, 15) is 125 Å². The average molecular weight is 1160 g/mol. The van der Waals surface area contributed by atoms with Crippen LogP contribution in [0, 0.1) is 0 Å². The molecule has 0 saturated heterocycles. The first-order chi connectivity index (χ1) is 35.8. The number of halogens is 24. The van der Waals surface area contributed by atoms with Crippen LogP contribution in [-0.2, 0) is 62.5 Å². The monoisotopic (exact) mass is 1160 g/mol. The number of alkyl halides is 24. The number of imide groups is 1. The SMILES string of the molecule is CN(Cc1cc(C(F)(F)F)cc(C(F)(F)F)c1)C(=O)c1cc(-c2cc(C(F)(F)F)cc(C(F)(F)F)c2)c2c3c(cc(-c4cc(C(F)(F)F)cc(C(F)(F)F)c4)c(C=O)c13)C(=O)N(Cc1cc(C(F)(F)F)cc(C(F)(F)F)c1)C2=O. The van der Waals surface area contributed by atoms with E-state index >= 15 is 0 Å². The lowest BCUT2D eigenvalue weighted by atomic mass is 9.80. The molecule has 0 radical (unpaired) electrons. The number of rotatable bonds is 8. The van der Waals surface area contributed by atoms with Gasteiger partial charge in [0.2, 0.25) is 0 Å². The topological polar surface area (TPSA) is 74.8 Å². The Kier molecular flexibility index (Phi) is 14.3. The fraction of sp³-hybridized carbons (Fsp3) is 0.224. The van der Waals surface area contributed by atoms with Gasteiger partial charge < -0.3 is 4.90 Å². The molecule has 7 rings (SSSR count). The largest absolute Gasteiger partial charge is 0.416 e. The Hall–Kier alpha value is -7.82. The number of benzene rings is 6. The zero-order valence-electron chi connectivity index (χ0n) is 38.2. The zero-order valence-corrected chi connectivity index (χ0v) is 38.2. The lowest BCUT2D eigenvalue weighted by molar-refractivity contribution is -0.144. The van der Waals surface area contributed by atoms with Gasteiger partial charge in [0.1, 0.15) is 0 Å². The molecule has 1 heterocycles. The van der Waals surface area contributed by atoms with E-state index in [-0.39, 0.29) is 76.5 Å². The molecule has 1 aliphatic heterocycles. The molecule has 0 N–H and O–H groups in total. The standard InChI is InChI=1S/C49H22F24N2O4/c1-74(16-19-2-23(42(50,51)52)10-24(3-19)43(53,54)55)39(77)33-15-32(22-8-29(48(68,69)70)13-30(9-22)49(71,72)73)38-37-34(40(78)75(41(38)79)17-20-4-25(44(56,57)58)11-26(5-20)45(59,60)61)14-31(35(18-76)36(33)37)21-6-27(46(62,63)64)12-28(7-21)47(65,66)67/h2-15,18H,16-17H2,1H3. The third-order valence-electron chi connectivity index (χ3n) is 11.9. The Balaban J connectivity index is 1.67. The summed E-state index contributed by atoms with van der Waals surface area (Å²) < 4.78 is 340. The molecule has 0 atom stereocenters. The predicted octanol–water partition coefficient (Wildman–Crippen LogP) is 16.2. The second-order valence-corrected chi connectivity index (χ2v) is 17.4. The number of hydrogen-bond donors (Lipinski definition) is 0. The van der Waals surface area contributed by atoms with Crippen molar-refractivity contribution >= 4 is 34.8 Å². The molecule has 0 aliphatic carbocycles. The van der Waals surface area contributed by atoms with Gasteiger partial charge in [0.05, 0.1) is 56.6 Å². The van der Waals surface area contributed by atoms with E-state index in [1.54, 1.807) is 0 Å². The first-order valence-electron chi connectivity index (χ1n) is 21.2. The van der Waals surface area contributed by atoms with Gasteiger partial charge in [-0.15, -0.1) is 0 Å². The van der Waals surface area contributed by atoms with Crippen LogP contribution in [-0.4, -0.2) is 40.9 Å². The highest BCUT2D eigenvalue weighted by molar-refractivity contribution is 6.32. The molecule has 0 aromatic heterocycles. The van der Waals surface area contributed by atoms with Crippen molar-refractivity contribution in [2.24, 2.45) is 0 Å². The highest BCUT2D eigenvalue weighted by atomic mass is 19.4. The lowest BCUT2D eigenvalue weighted by Crippen LogP contribution is -2.40. The Morgan fingerprint density at radius 1 is 0.418 bits per heavy atom. The second kappa shape index (κ2) is 19.2. The normalized spacial score (nSPS) is 14.1. The van der Waals surface area contributed by atoms with Gasteiger partial charge in [-0.25, -0.2) is 0 Å². The first-order valence-corrected chi connectivity index (χ1v) is 21.2. The van der Waals surface area contributed by atoms with Crippen molar-refractivity contribution in [2.45, 2.75) is 62.5 Å². The van der Waals surface area contributed by atoms with Gasteiger partial charge in [-0.2, -0.15) is 105 Å². The summed E-state index contributed by atoms with van der Waals surface area (Å²) in [6.45, 7) is -3.23. The number of amides is 3. The number of aldehydes is 1. The van der Waals surface area contributed by atoms with Crippen LogP contribution in [0.3, 0.4) is 0 Å². The summed E-state index contributed by atoms with van der Waals surface area (Å²) in [7, 11) is 0.545. The van der Waals surface area contributed by atoms with Gasteiger partial charge in [0.15, 0.2) is 6.29 Å². The van der Waals surface area contributed by atoms with Crippen LogP contribution in [0.1, 0.15) is 97.1 Å². The van der Waals surface area contributed by atoms with Crippen molar-refractivity contribution in [3.05, 3.63) is 163 Å². The second-order valence-electron chi connectivity index (χ2n) is 17.4. The molecule has 420 valence electrons. The molecule has 30 heteroatoms. The van der Waals surface area contributed by atoms with Crippen molar-refractivity contribution in [1.82, 2.24) is 9.80 Å². The van der Waals surface area contributed by atoms with Crippen LogP contribution in [0.5, 0.6) is 0 Å². The third-order valence-corrected chi connectivity index (χ3v) is 11.9. The number of carbonyl (C=O) groups is 4. The van der Waals surface area contributed by atoms with Crippen molar-refractivity contribution in [2.75, 3.05) is 7.05 Å². The van der Waals surface area contributed by atoms with Crippen LogP contribution in [0.15, 0.2) is 84.9 Å². The van der Waals surface area contributed by atoms with Gasteiger partial charge in [-0.1, -0.05) is 0 Å². The molecule has 6 aromatic carbocycles. The molecule has 0 spiro atoms. The maximum absolute atomic E-state index is 14.9. The Bertz CT molecular complexity index is 3370. The van der Waals surface area contributed by atoms with Crippen molar-refractivity contribution in [1.29, 1.82) is 0 Å². The minimum atomic E-state index is -5.79. The summed E-state index contributed by atoms with van der Waals surface area (Å²) in [5.74, 6) is -6.06. The summed E-state index contributed by atoms with van der Waals surface area (Å²) in [4.78, 5) is 57.7. The van der Waals surface area contributed by atoms with Gasteiger partial charge in [0, 0.05) is 41.1 Å².